The van der Waals surface area contributed by atoms with Gasteiger partial charge in [-0.1, -0.05) is 23.7 Å². The summed E-state index contributed by atoms with van der Waals surface area (Å²) in [6.45, 7) is 0. The van der Waals surface area contributed by atoms with Crippen molar-refractivity contribution in [2.75, 3.05) is 0 Å². The van der Waals surface area contributed by atoms with Gasteiger partial charge in [0.1, 0.15) is 11.6 Å². The van der Waals surface area contributed by atoms with E-state index in [-0.39, 0.29) is 22.8 Å². The first-order valence-corrected chi connectivity index (χ1v) is 6.56. The molecule has 0 aliphatic carbocycles. The first-order valence-electron chi connectivity index (χ1n) is 5.39. The van der Waals surface area contributed by atoms with Crippen LogP contribution in [0, 0.1) is 11.6 Å². The van der Waals surface area contributed by atoms with Gasteiger partial charge in [-0.05, 0) is 45.8 Å². The summed E-state index contributed by atoms with van der Waals surface area (Å²) >= 11 is 8.86. The van der Waals surface area contributed by atoms with Crippen molar-refractivity contribution in [3.8, 4) is 0 Å². The largest absolute Gasteiger partial charge is 0.294 e. The molecule has 0 unspecified atom stereocenters. The molecule has 2 aromatic rings. The van der Waals surface area contributed by atoms with Crippen LogP contribution in [0.5, 0.6) is 0 Å². The van der Waals surface area contributed by atoms with Crippen LogP contribution in [0.4, 0.5) is 8.78 Å². The lowest BCUT2D eigenvalue weighted by Gasteiger charge is -2.05. The van der Waals surface area contributed by atoms with Crippen LogP contribution in [-0.2, 0) is 6.42 Å². The molecule has 5 heteroatoms. The van der Waals surface area contributed by atoms with Gasteiger partial charge in [-0.25, -0.2) is 8.78 Å². The minimum absolute atomic E-state index is 0.000184. The number of Topliss-reactive ketones (excluding diaryl/α,β-unsaturated/α-hetero) is 1. The molecule has 98 valence electrons. The van der Waals surface area contributed by atoms with Crippen molar-refractivity contribution in [3.05, 3.63) is 68.7 Å². The van der Waals surface area contributed by atoms with Gasteiger partial charge in [0.05, 0.1) is 4.47 Å². The van der Waals surface area contributed by atoms with Crippen LogP contribution in [-0.4, -0.2) is 5.78 Å². The van der Waals surface area contributed by atoms with Crippen molar-refractivity contribution in [1.82, 2.24) is 0 Å². The Kier molecular flexibility index (Phi) is 4.32. The summed E-state index contributed by atoms with van der Waals surface area (Å²) in [5.74, 6) is -1.24. The third-order valence-corrected chi connectivity index (χ3v) is 3.60. The molecule has 1 nitrogen and oxygen atoms in total. The highest BCUT2D eigenvalue weighted by atomic mass is 79.9. The molecule has 0 N–H and O–H groups in total. The van der Waals surface area contributed by atoms with Gasteiger partial charge < -0.3 is 0 Å². The molecular formula is C14H8BrClF2O. The monoisotopic (exact) mass is 344 g/mol. The van der Waals surface area contributed by atoms with E-state index in [0.717, 1.165) is 12.1 Å². The van der Waals surface area contributed by atoms with E-state index in [4.69, 9.17) is 11.6 Å². The number of rotatable bonds is 3. The molecule has 0 saturated carbocycles. The van der Waals surface area contributed by atoms with E-state index in [0.29, 0.717) is 10.0 Å². The van der Waals surface area contributed by atoms with E-state index in [1.807, 2.05) is 0 Å². The normalized spacial score (nSPS) is 10.5. The fraction of sp³-hybridized carbons (Fsp3) is 0.0714. The fourth-order valence-electron chi connectivity index (χ4n) is 1.61. The molecule has 0 fully saturated rings. The summed E-state index contributed by atoms with van der Waals surface area (Å²) in [5.41, 5.74) is 0.762. The molecule has 0 aromatic heterocycles. The molecule has 0 atom stereocenters. The zero-order valence-electron chi connectivity index (χ0n) is 9.59. The quantitative estimate of drug-likeness (QED) is 0.730. The molecule has 19 heavy (non-hydrogen) atoms. The second-order valence-corrected chi connectivity index (χ2v) is 5.23. The van der Waals surface area contributed by atoms with Crippen molar-refractivity contribution < 1.29 is 13.6 Å². The van der Waals surface area contributed by atoms with Gasteiger partial charge >= 0.3 is 0 Å². The predicted octanol–water partition coefficient (Wildman–Crippen LogP) is 4.81. The SMILES string of the molecule is O=C(Cc1ccc(F)cc1Cl)c1ccc(Br)c(F)c1. The molecule has 0 bridgehead atoms. The van der Waals surface area contributed by atoms with Gasteiger partial charge in [0.15, 0.2) is 5.78 Å². The number of carbonyl (C=O) groups excluding carboxylic acids is 1. The number of ketones is 1. The number of carbonyl (C=O) groups is 1. The molecular weight excluding hydrogens is 338 g/mol. The average molecular weight is 346 g/mol. The molecule has 0 radical (unpaired) electrons. The van der Waals surface area contributed by atoms with Crippen LogP contribution in [0.3, 0.4) is 0 Å². The zero-order chi connectivity index (χ0) is 14.0. The third-order valence-electron chi connectivity index (χ3n) is 2.61. The second-order valence-electron chi connectivity index (χ2n) is 3.96. The maximum Gasteiger partial charge on any atom is 0.167 e. The summed E-state index contributed by atoms with van der Waals surface area (Å²) < 4.78 is 26.5. The van der Waals surface area contributed by atoms with Crippen molar-refractivity contribution in [3.63, 3.8) is 0 Å². The van der Waals surface area contributed by atoms with E-state index >= 15 is 0 Å². The second kappa shape index (κ2) is 5.80. The Hall–Kier alpha value is -1.26. The Morgan fingerprint density at radius 1 is 1.16 bits per heavy atom. The smallest absolute Gasteiger partial charge is 0.167 e. The van der Waals surface area contributed by atoms with Gasteiger partial charge in [-0.2, -0.15) is 0 Å². The van der Waals surface area contributed by atoms with Crippen LogP contribution < -0.4 is 0 Å². The highest BCUT2D eigenvalue weighted by Gasteiger charge is 2.12. The van der Waals surface area contributed by atoms with Crippen molar-refractivity contribution >= 4 is 33.3 Å². The Balaban J connectivity index is 2.23. The maximum absolute atomic E-state index is 13.3. The average Bonchev–Trinajstić information content (AvgIpc) is 2.36. The van der Waals surface area contributed by atoms with Crippen LogP contribution in [0.25, 0.3) is 0 Å². The van der Waals surface area contributed by atoms with Crippen molar-refractivity contribution in [2.45, 2.75) is 6.42 Å². The Bertz CT molecular complexity index is 643. The number of hydrogen-bond donors (Lipinski definition) is 0. The lowest BCUT2D eigenvalue weighted by atomic mass is 10.0. The van der Waals surface area contributed by atoms with Gasteiger partial charge in [0, 0.05) is 17.0 Å². The van der Waals surface area contributed by atoms with Gasteiger partial charge in [0.2, 0.25) is 0 Å². The van der Waals surface area contributed by atoms with E-state index in [9.17, 15) is 13.6 Å². The first-order chi connectivity index (χ1) is 8.97. The highest BCUT2D eigenvalue weighted by molar-refractivity contribution is 9.10. The summed E-state index contributed by atoms with van der Waals surface area (Å²) in [7, 11) is 0. The van der Waals surface area contributed by atoms with Crippen LogP contribution >= 0.6 is 27.5 Å². The summed E-state index contributed by atoms with van der Waals surface area (Å²) in [6.07, 6.45) is 0.000184. The van der Waals surface area contributed by atoms with Crippen LogP contribution in [0.2, 0.25) is 5.02 Å². The van der Waals surface area contributed by atoms with Gasteiger partial charge in [-0.3, -0.25) is 4.79 Å². The van der Waals surface area contributed by atoms with Gasteiger partial charge in [0.25, 0.3) is 0 Å². The molecule has 0 aliphatic heterocycles. The van der Waals surface area contributed by atoms with Crippen molar-refractivity contribution in [2.24, 2.45) is 0 Å². The number of benzene rings is 2. The number of hydrogen-bond acceptors (Lipinski definition) is 1. The van der Waals surface area contributed by atoms with Crippen LogP contribution in [0.1, 0.15) is 15.9 Å². The molecule has 0 saturated heterocycles. The molecule has 0 aliphatic rings. The summed E-state index contributed by atoms with van der Waals surface area (Å²) in [6, 6.07) is 7.97. The van der Waals surface area contributed by atoms with Gasteiger partial charge in [-0.15, -0.1) is 0 Å². The topological polar surface area (TPSA) is 17.1 Å². The highest BCUT2D eigenvalue weighted by Crippen LogP contribution is 2.21. The minimum atomic E-state index is -0.504. The molecule has 0 spiro atoms. The lowest BCUT2D eigenvalue weighted by Crippen LogP contribution is -2.04. The zero-order valence-corrected chi connectivity index (χ0v) is 11.9. The summed E-state index contributed by atoms with van der Waals surface area (Å²) in [5, 5.41) is 0.186. The number of halogens is 4. The van der Waals surface area contributed by atoms with Crippen LogP contribution in [0.15, 0.2) is 40.9 Å². The fourth-order valence-corrected chi connectivity index (χ4v) is 2.09. The molecule has 0 amide bonds. The summed E-state index contributed by atoms with van der Waals surface area (Å²) in [4.78, 5) is 12.0. The van der Waals surface area contributed by atoms with E-state index in [1.54, 1.807) is 0 Å². The van der Waals surface area contributed by atoms with E-state index in [2.05, 4.69) is 15.9 Å². The Morgan fingerprint density at radius 3 is 2.53 bits per heavy atom. The molecule has 2 aromatic carbocycles. The third kappa shape index (κ3) is 3.39. The Morgan fingerprint density at radius 2 is 1.89 bits per heavy atom. The predicted molar refractivity (Wildman–Crippen MR) is 73.5 cm³/mol. The minimum Gasteiger partial charge on any atom is -0.294 e. The van der Waals surface area contributed by atoms with Crippen molar-refractivity contribution in [1.29, 1.82) is 0 Å². The lowest BCUT2D eigenvalue weighted by molar-refractivity contribution is 0.0992. The molecule has 0 heterocycles. The first kappa shape index (κ1) is 14.2. The Labute approximate surface area is 122 Å². The maximum atomic E-state index is 13.3. The van der Waals surface area contributed by atoms with E-state index in [1.165, 1.54) is 24.3 Å². The molecule has 2 rings (SSSR count). The van der Waals surface area contributed by atoms with E-state index < -0.39 is 11.6 Å². The standard InChI is InChI=1S/C14H8BrClF2O/c15-11-4-2-9(5-13(11)18)14(19)6-8-1-3-10(17)7-12(8)16/h1-5,7H,6H2.